The molecule has 170 valence electrons. The van der Waals surface area contributed by atoms with Crippen LogP contribution in [0.25, 0.3) is 0 Å². The molecule has 0 saturated carbocycles. The zero-order valence-corrected chi connectivity index (χ0v) is 19.0. The molecule has 3 aromatic rings. The third-order valence-electron chi connectivity index (χ3n) is 6.16. The maximum absolute atomic E-state index is 10.6. The average molecular weight is 447 g/mol. The Hall–Kier alpha value is -3.87. The molecule has 5 rings (SSSR count). The van der Waals surface area contributed by atoms with Crippen LogP contribution < -0.4 is 18.9 Å². The van der Waals surface area contributed by atoms with Gasteiger partial charge < -0.3 is 24.1 Å². The van der Waals surface area contributed by atoms with Crippen LogP contribution in [0.4, 0.5) is 0 Å². The van der Waals surface area contributed by atoms with Gasteiger partial charge in [-0.15, -0.1) is 0 Å². The number of benzene rings is 3. The summed E-state index contributed by atoms with van der Waals surface area (Å²) in [6.45, 7) is 2.00. The number of hydrogen-bond acceptors (Lipinski definition) is 7. The number of hydrogen-bond donors (Lipinski definition) is 1. The predicted molar refractivity (Wildman–Crippen MR) is 124 cm³/mol. The zero-order valence-electron chi connectivity index (χ0n) is 19.0. The van der Waals surface area contributed by atoms with E-state index in [1.165, 1.54) is 0 Å². The minimum Gasteiger partial charge on any atom is -0.507 e. The first-order valence-electron chi connectivity index (χ1n) is 10.8. The van der Waals surface area contributed by atoms with Crippen molar-refractivity contribution in [3.63, 3.8) is 0 Å². The molecular formula is C26H26N2O5. The maximum atomic E-state index is 10.6. The number of rotatable bonds is 5. The average Bonchev–Trinajstić information content (AvgIpc) is 3.29. The van der Waals surface area contributed by atoms with Crippen LogP contribution in [0.5, 0.6) is 28.7 Å². The van der Waals surface area contributed by atoms with E-state index in [1.807, 2.05) is 60.5 Å². The highest BCUT2D eigenvalue weighted by molar-refractivity contribution is 6.04. The molecule has 7 heteroatoms. The Balaban J connectivity index is 1.68. The van der Waals surface area contributed by atoms with Crippen molar-refractivity contribution in [3.05, 3.63) is 76.9 Å². The standard InChI is InChI=1S/C26H26N2O5/c1-15-11-12-21(29)18(13-15)19-14-20-16-7-5-10-23(31-3)25(16)33-26(28(20)27-19)17-8-6-9-22(30-2)24(17)32-4/h5-13,20,26,29H,14H2,1-4H3/t20-,26-/m0/s1. The van der Waals surface area contributed by atoms with E-state index in [0.29, 0.717) is 29.4 Å². The largest absolute Gasteiger partial charge is 0.507 e. The number of methoxy groups -OCH3 is 3. The van der Waals surface area contributed by atoms with Gasteiger partial charge in [-0.1, -0.05) is 29.8 Å². The summed E-state index contributed by atoms with van der Waals surface area (Å²) in [6, 6.07) is 17.0. The Morgan fingerprint density at radius 1 is 0.939 bits per heavy atom. The molecule has 0 unspecified atom stereocenters. The number of phenolic OH excluding ortho intramolecular Hbond substituents is 1. The molecule has 33 heavy (non-hydrogen) atoms. The lowest BCUT2D eigenvalue weighted by molar-refractivity contribution is -0.0223. The second-order valence-corrected chi connectivity index (χ2v) is 8.10. The van der Waals surface area contributed by atoms with E-state index in [-0.39, 0.29) is 11.8 Å². The molecule has 0 spiro atoms. The number of aromatic hydroxyl groups is 1. The van der Waals surface area contributed by atoms with E-state index < -0.39 is 6.23 Å². The molecule has 0 aliphatic carbocycles. The van der Waals surface area contributed by atoms with Crippen LogP contribution in [0, 0.1) is 6.92 Å². The summed E-state index contributed by atoms with van der Waals surface area (Å²) in [6.07, 6.45) is 0.0388. The fourth-order valence-corrected chi connectivity index (χ4v) is 4.60. The Morgan fingerprint density at radius 3 is 2.39 bits per heavy atom. The summed E-state index contributed by atoms with van der Waals surface area (Å²) in [5.41, 5.74) is 4.35. The van der Waals surface area contributed by atoms with Crippen LogP contribution in [0.2, 0.25) is 0 Å². The van der Waals surface area contributed by atoms with Gasteiger partial charge >= 0.3 is 0 Å². The van der Waals surface area contributed by atoms with Gasteiger partial charge in [-0.3, -0.25) is 0 Å². The van der Waals surface area contributed by atoms with Crippen molar-refractivity contribution >= 4 is 5.71 Å². The molecular weight excluding hydrogens is 420 g/mol. The number of ether oxygens (including phenoxy) is 4. The van der Waals surface area contributed by atoms with Gasteiger partial charge in [0.05, 0.1) is 38.6 Å². The van der Waals surface area contributed by atoms with Crippen molar-refractivity contribution in [2.45, 2.75) is 25.6 Å². The minimum absolute atomic E-state index is 0.0975. The van der Waals surface area contributed by atoms with Gasteiger partial charge in [0.25, 0.3) is 0 Å². The normalized spacial score (nSPS) is 18.7. The fraction of sp³-hybridized carbons (Fsp3) is 0.269. The molecule has 2 atom stereocenters. The first-order chi connectivity index (χ1) is 16.0. The third-order valence-corrected chi connectivity index (χ3v) is 6.16. The Bertz CT molecular complexity index is 1240. The Kier molecular flexibility index (Phi) is 5.24. The van der Waals surface area contributed by atoms with Crippen molar-refractivity contribution in [3.8, 4) is 28.7 Å². The molecule has 0 fully saturated rings. The minimum atomic E-state index is -0.576. The molecule has 0 saturated heterocycles. The second kappa shape index (κ2) is 8.24. The molecule has 0 bridgehead atoms. The fourth-order valence-electron chi connectivity index (χ4n) is 4.60. The second-order valence-electron chi connectivity index (χ2n) is 8.10. The zero-order chi connectivity index (χ0) is 23.1. The summed E-state index contributed by atoms with van der Waals surface area (Å²) in [7, 11) is 4.85. The highest BCUT2D eigenvalue weighted by Crippen LogP contribution is 2.52. The summed E-state index contributed by atoms with van der Waals surface area (Å²) < 4.78 is 23.4. The Morgan fingerprint density at radius 2 is 1.67 bits per heavy atom. The Labute approximate surface area is 192 Å². The summed E-state index contributed by atoms with van der Waals surface area (Å²) in [5.74, 6) is 2.75. The van der Waals surface area contributed by atoms with Gasteiger partial charge in [-0.05, 0) is 37.3 Å². The molecule has 0 aromatic heterocycles. The SMILES string of the molecule is COc1cccc2c1O[C@@H](c1cccc(OC)c1OC)N1N=C(c3cc(C)ccc3O)C[C@@H]21. The molecule has 2 aliphatic heterocycles. The molecule has 1 N–H and O–H groups in total. The number of phenols is 1. The van der Waals surface area contributed by atoms with Crippen molar-refractivity contribution in [1.29, 1.82) is 0 Å². The quantitative estimate of drug-likeness (QED) is 0.597. The monoisotopic (exact) mass is 446 g/mol. The van der Waals surface area contributed by atoms with Gasteiger partial charge in [-0.2, -0.15) is 5.10 Å². The first kappa shape index (κ1) is 21.0. The topological polar surface area (TPSA) is 72.8 Å². The molecule has 2 aliphatic rings. The van der Waals surface area contributed by atoms with Crippen LogP contribution in [0.15, 0.2) is 59.7 Å². The highest BCUT2D eigenvalue weighted by Gasteiger charge is 2.43. The van der Waals surface area contributed by atoms with Crippen LogP contribution in [-0.2, 0) is 0 Å². The number of aryl methyl sites for hydroxylation is 1. The molecule has 2 heterocycles. The summed E-state index contributed by atoms with van der Waals surface area (Å²) in [4.78, 5) is 0. The predicted octanol–water partition coefficient (Wildman–Crippen LogP) is 4.97. The van der Waals surface area contributed by atoms with Gasteiger partial charge in [0.2, 0.25) is 6.23 Å². The van der Waals surface area contributed by atoms with Crippen molar-refractivity contribution in [2.75, 3.05) is 21.3 Å². The molecule has 0 radical (unpaired) electrons. The van der Waals surface area contributed by atoms with E-state index >= 15 is 0 Å². The summed E-state index contributed by atoms with van der Waals surface area (Å²) >= 11 is 0. The number of hydrazone groups is 1. The van der Waals surface area contributed by atoms with Gasteiger partial charge in [0.15, 0.2) is 23.0 Å². The van der Waals surface area contributed by atoms with Gasteiger partial charge in [0.1, 0.15) is 5.75 Å². The van der Waals surface area contributed by atoms with Crippen LogP contribution >= 0.6 is 0 Å². The molecule has 0 amide bonds. The van der Waals surface area contributed by atoms with E-state index in [1.54, 1.807) is 27.4 Å². The van der Waals surface area contributed by atoms with Gasteiger partial charge in [0, 0.05) is 17.5 Å². The lowest BCUT2D eigenvalue weighted by Gasteiger charge is -2.39. The van der Waals surface area contributed by atoms with Gasteiger partial charge in [-0.25, -0.2) is 5.01 Å². The summed E-state index contributed by atoms with van der Waals surface area (Å²) in [5, 5.41) is 17.4. The van der Waals surface area contributed by atoms with Crippen LogP contribution in [0.1, 0.15) is 40.9 Å². The van der Waals surface area contributed by atoms with Crippen LogP contribution in [0.3, 0.4) is 0 Å². The first-order valence-corrected chi connectivity index (χ1v) is 10.8. The molecule has 3 aromatic carbocycles. The lowest BCUT2D eigenvalue weighted by Crippen LogP contribution is -2.34. The lowest BCUT2D eigenvalue weighted by atomic mass is 9.94. The highest BCUT2D eigenvalue weighted by atomic mass is 16.5. The number of fused-ring (bicyclic) bond motifs is 3. The van der Waals surface area contributed by atoms with E-state index in [0.717, 1.165) is 28.0 Å². The number of para-hydroxylation sites is 2. The molecule has 7 nitrogen and oxygen atoms in total. The van der Waals surface area contributed by atoms with Crippen molar-refractivity contribution in [1.82, 2.24) is 5.01 Å². The van der Waals surface area contributed by atoms with Crippen molar-refractivity contribution < 1.29 is 24.1 Å². The van der Waals surface area contributed by atoms with E-state index in [9.17, 15) is 5.11 Å². The van der Waals surface area contributed by atoms with Crippen molar-refractivity contribution in [2.24, 2.45) is 5.10 Å². The van der Waals surface area contributed by atoms with E-state index in [2.05, 4.69) is 0 Å². The number of nitrogens with zero attached hydrogens (tertiary/aromatic N) is 2. The maximum Gasteiger partial charge on any atom is 0.217 e. The van der Waals surface area contributed by atoms with E-state index in [4.69, 9.17) is 24.0 Å². The third kappa shape index (κ3) is 3.40. The van der Waals surface area contributed by atoms with Crippen LogP contribution in [-0.4, -0.2) is 37.2 Å². The smallest absolute Gasteiger partial charge is 0.217 e.